The van der Waals surface area contributed by atoms with Crippen LogP contribution in [0, 0.1) is 6.92 Å². The highest BCUT2D eigenvalue weighted by Gasteiger charge is 2.04. The Balaban J connectivity index is 1.79. The van der Waals surface area contributed by atoms with E-state index in [2.05, 4.69) is 52.9 Å². The van der Waals surface area contributed by atoms with Crippen LogP contribution in [0.5, 0.6) is 0 Å². The molecule has 2 rings (SSSR count). The summed E-state index contributed by atoms with van der Waals surface area (Å²) in [6.07, 6.45) is 1.01. The molecule has 0 aliphatic heterocycles. The Kier molecular flexibility index (Phi) is 4.29. The first-order chi connectivity index (χ1) is 8.25. The fourth-order valence-corrected chi connectivity index (χ4v) is 2.55. The summed E-state index contributed by atoms with van der Waals surface area (Å²) in [4.78, 5) is 4.46. The normalized spacial score (nSPS) is 12.6. The van der Waals surface area contributed by atoms with E-state index in [4.69, 9.17) is 0 Å². The molecule has 0 radical (unpaired) electrons. The van der Waals surface area contributed by atoms with Crippen LogP contribution in [0.15, 0.2) is 35.7 Å². The van der Waals surface area contributed by atoms with Crippen LogP contribution in [0.2, 0.25) is 0 Å². The number of nitrogens with zero attached hydrogens (tertiary/aromatic N) is 1. The third kappa shape index (κ3) is 3.65. The van der Waals surface area contributed by atoms with Gasteiger partial charge >= 0.3 is 0 Å². The van der Waals surface area contributed by atoms with Gasteiger partial charge in [-0.15, -0.1) is 11.3 Å². The van der Waals surface area contributed by atoms with Crippen molar-refractivity contribution < 1.29 is 0 Å². The molecule has 0 aliphatic carbocycles. The summed E-state index contributed by atoms with van der Waals surface area (Å²) in [5.41, 5.74) is 2.46. The molecule has 0 amide bonds. The molecule has 0 saturated carbocycles. The average Bonchev–Trinajstić information content (AvgIpc) is 2.76. The fraction of sp³-hybridized carbons (Fsp3) is 0.357. The molecule has 1 atom stereocenters. The highest BCUT2D eigenvalue weighted by Crippen LogP contribution is 2.12. The molecule has 1 unspecified atom stereocenters. The summed E-state index contributed by atoms with van der Waals surface area (Å²) in [5, 5.41) is 6.85. The number of nitrogens with one attached hydrogen (secondary N) is 1. The van der Waals surface area contributed by atoms with Gasteiger partial charge in [0, 0.05) is 30.1 Å². The maximum absolute atomic E-state index is 4.46. The van der Waals surface area contributed by atoms with Crippen LogP contribution in [-0.2, 0) is 6.42 Å². The van der Waals surface area contributed by atoms with Gasteiger partial charge in [-0.25, -0.2) is 4.98 Å². The average molecular weight is 246 g/mol. The van der Waals surface area contributed by atoms with Gasteiger partial charge < -0.3 is 5.32 Å². The van der Waals surface area contributed by atoms with Crippen molar-refractivity contribution in [3.05, 3.63) is 52.0 Å². The molecule has 1 aromatic carbocycles. The molecule has 0 aliphatic rings. The Labute approximate surface area is 107 Å². The van der Waals surface area contributed by atoms with Crippen LogP contribution in [0.3, 0.4) is 0 Å². The van der Waals surface area contributed by atoms with E-state index in [1.54, 1.807) is 11.3 Å². The minimum absolute atomic E-state index is 0.400. The Bertz CT molecular complexity index is 450. The lowest BCUT2D eigenvalue weighted by atomic mass is 10.1. The maximum Gasteiger partial charge on any atom is 0.0940 e. The zero-order valence-corrected chi connectivity index (χ0v) is 11.1. The lowest BCUT2D eigenvalue weighted by Gasteiger charge is -2.13. The highest BCUT2D eigenvalue weighted by atomic mass is 32.1. The Hall–Kier alpha value is -1.19. The first kappa shape index (κ1) is 12.3. The van der Waals surface area contributed by atoms with Gasteiger partial charge in [-0.2, -0.15) is 0 Å². The van der Waals surface area contributed by atoms with E-state index in [1.165, 1.54) is 10.6 Å². The molecule has 1 aromatic heterocycles. The van der Waals surface area contributed by atoms with E-state index in [0.29, 0.717) is 6.04 Å². The second-order valence-electron chi connectivity index (χ2n) is 4.22. The van der Waals surface area contributed by atoms with Crippen molar-refractivity contribution in [2.45, 2.75) is 26.3 Å². The van der Waals surface area contributed by atoms with Crippen LogP contribution in [0.1, 0.15) is 29.2 Å². The lowest BCUT2D eigenvalue weighted by molar-refractivity contribution is 0.576. The maximum atomic E-state index is 4.46. The third-order valence-electron chi connectivity index (χ3n) is 2.76. The standard InChI is InChI=1S/C14H18N2S/c1-11-10-17-14(16-11)8-9-15-12(2)13-6-4-3-5-7-13/h3-7,10,12,15H,8-9H2,1-2H3. The van der Waals surface area contributed by atoms with E-state index in [0.717, 1.165) is 18.7 Å². The van der Waals surface area contributed by atoms with Gasteiger partial charge in [0.15, 0.2) is 0 Å². The minimum Gasteiger partial charge on any atom is -0.310 e. The molecule has 17 heavy (non-hydrogen) atoms. The zero-order chi connectivity index (χ0) is 12.1. The van der Waals surface area contributed by atoms with E-state index in [-0.39, 0.29) is 0 Å². The third-order valence-corrected chi connectivity index (χ3v) is 3.78. The molecule has 2 aromatic rings. The highest BCUT2D eigenvalue weighted by molar-refractivity contribution is 7.09. The SMILES string of the molecule is Cc1csc(CCNC(C)c2ccccc2)n1. The van der Waals surface area contributed by atoms with Crippen LogP contribution in [0.25, 0.3) is 0 Å². The summed E-state index contributed by atoms with van der Waals surface area (Å²) in [6.45, 7) is 5.21. The Morgan fingerprint density at radius 2 is 2.06 bits per heavy atom. The van der Waals surface area contributed by atoms with Crippen molar-refractivity contribution >= 4 is 11.3 Å². The quantitative estimate of drug-likeness (QED) is 0.875. The van der Waals surface area contributed by atoms with Crippen molar-refractivity contribution in [1.82, 2.24) is 10.3 Å². The molecular formula is C14H18N2S. The monoisotopic (exact) mass is 246 g/mol. The summed E-state index contributed by atoms with van der Waals surface area (Å²) in [6, 6.07) is 10.9. The molecule has 90 valence electrons. The fourth-order valence-electron chi connectivity index (χ4n) is 1.77. The molecule has 1 N–H and O–H groups in total. The first-order valence-electron chi connectivity index (χ1n) is 5.95. The van der Waals surface area contributed by atoms with Gasteiger partial charge in [-0.1, -0.05) is 30.3 Å². The van der Waals surface area contributed by atoms with Gasteiger partial charge in [0.05, 0.1) is 5.01 Å². The Morgan fingerprint density at radius 3 is 2.71 bits per heavy atom. The van der Waals surface area contributed by atoms with Gasteiger partial charge in [-0.05, 0) is 19.4 Å². The molecule has 0 spiro atoms. The topological polar surface area (TPSA) is 24.9 Å². The molecule has 0 bridgehead atoms. The number of benzene rings is 1. The number of thiazole rings is 1. The summed E-state index contributed by atoms with van der Waals surface area (Å²) in [7, 11) is 0. The predicted molar refractivity (Wildman–Crippen MR) is 73.4 cm³/mol. The van der Waals surface area contributed by atoms with Gasteiger partial charge in [-0.3, -0.25) is 0 Å². The van der Waals surface area contributed by atoms with E-state index in [9.17, 15) is 0 Å². The number of aryl methyl sites for hydroxylation is 1. The van der Waals surface area contributed by atoms with Crippen LogP contribution < -0.4 is 5.32 Å². The molecule has 2 nitrogen and oxygen atoms in total. The summed E-state index contributed by atoms with van der Waals surface area (Å²) < 4.78 is 0. The van der Waals surface area contributed by atoms with Crippen LogP contribution in [0.4, 0.5) is 0 Å². The molecule has 1 heterocycles. The second kappa shape index (κ2) is 5.94. The van der Waals surface area contributed by atoms with Crippen molar-refractivity contribution in [3.63, 3.8) is 0 Å². The number of hydrogen-bond donors (Lipinski definition) is 1. The van der Waals surface area contributed by atoms with E-state index >= 15 is 0 Å². The van der Waals surface area contributed by atoms with Crippen LogP contribution >= 0.6 is 11.3 Å². The molecule has 3 heteroatoms. The number of rotatable bonds is 5. The van der Waals surface area contributed by atoms with Crippen molar-refractivity contribution in [2.24, 2.45) is 0 Å². The lowest BCUT2D eigenvalue weighted by Crippen LogP contribution is -2.21. The molecular weight excluding hydrogens is 228 g/mol. The smallest absolute Gasteiger partial charge is 0.0940 e. The number of aromatic nitrogens is 1. The van der Waals surface area contributed by atoms with Crippen molar-refractivity contribution in [2.75, 3.05) is 6.54 Å². The van der Waals surface area contributed by atoms with Crippen LogP contribution in [-0.4, -0.2) is 11.5 Å². The minimum atomic E-state index is 0.400. The summed E-state index contributed by atoms with van der Waals surface area (Å²) >= 11 is 1.75. The van der Waals surface area contributed by atoms with Gasteiger partial charge in [0.25, 0.3) is 0 Å². The van der Waals surface area contributed by atoms with E-state index < -0.39 is 0 Å². The molecule has 0 saturated heterocycles. The first-order valence-corrected chi connectivity index (χ1v) is 6.83. The second-order valence-corrected chi connectivity index (χ2v) is 5.16. The van der Waals surface area contributed by atoms with Crippen molar-refractivity contribution in [1.29, 1.82) is 0 Å². The Morgan fingerprint density at radius 1 is 1.29 bits per heavy atom. The van der Waals surface area contributed by atoms with Gasteiger partial charge in [0.1, 0.15) is 0 Å². The number of hydrogen-bond acceptors (Lipinski definition) is 3. The predicted octanol–water partition coefficient (Wildman–Crippen LogP) is 3.34. The van der Waals surface area contributed by atoms with Gasteiger partial charge in [0.2, 0.25) is 0 Å². The zero-order valence-electron chi connectivity index (χ0n) is 10.3. The molecule has 0 fully saturated rings. The largest absolute Gasteiger partial charge is 0.310 e. The summed E-state index contributed by atoms with van der Waals surface area (Å²) in [5.74, 6) is 0. The van der Waals surface area contributed by atoms with E-state index in [1.807, 2.05) is 6.92 Å². The van der Waals surface area contributed by atoms with Crippen molar-refractivity contribution in [3.8, 4) is 0 Å².